The Labute approximate surface area is 155 Å². The zero-order valence-corrected chi connectivity index (χ0v) is 14.4. The van der Waals surface area contributed by atoms with Gasteiger partial charge < -0.3 is 19.3 Å². The molecule has 0 fully saturated rings. The number of benzene rings is 1. The van der Waals surface area contributed by atoms with Gasteiger partial charge in [0.15, 0.2) is 0 Å². The molecule has 0 aliphatic heterocycles. The Balaban J connectivity index is 3.54. The number of hydrogen-bond donors (Lipinski definition) is 1. The number of esters is 3. The van der Waals surface area contributed by atoms with E-state index in [4.69, 9.17) is 14.2 Å². The number of ether oxygens (including phenoxy) is 3. The number of aromatic carboxylic acids is 1. The molecule has 0 aliphatic carbocycles. The SMILES string of the molecule is C=CCOC(=O)c1cc(C(=O)OCC=C)c(C(=O)OCC=C)cc1C(=O)O. The summed E-state index contributed by atoms with van der Waals surface area (Å²) in [4.78, 5) is 48.1. The zero-order chi connectivity index (χ0) is 20.4. The Hall–Kier alpha value is -3.68. The predicted molar refractivity (Wildman–Crippen MR) is 94.8 cm³/mol. The Bertz CT molecular complexity index is 791. The Morgan fingerprint density at radius 1 is 0.704 bits per heavy atom. The largest absolute Gasteiger partial charge is 0.478 e. The van der Waals surface area contributed by atoms with Crippen molar-refractivity contribution in [2.75, 3.05) is 19.8 Å². The summed E-state index contributed by atoms with van der Waals surface area (Å²) >= 11 is 0. The van der Waals surface area contributed by atoms with Crippen molar-refractivity contribution >= 4 is 23.9 Å². The lowest BCUT2D eigenvalue weighted by molar-refractivity contribution is 0.0498. The summed E-state index contributed by atoms with van der Waals surface area (Å²) in [6.45, 7) is 9.69. The molecule has 0 unspecified atom stereocenters. The molecule has 1 rings (SSSR count). The fourth-order valence-corrected chi connectivity index (χ4v) is 1.92. The third-order valence-corrected chi connectivity index (χ3v) is 3.04. The lowest BCUT2D eigenvalue weighted by Crippen LogP contribution is -2.19. The summed E-state index contributed by atoms with van der Waals surface area (Å²) < 4.78 is 14.6. The van der Waals surface area contributed by atoms with Crippen molar-refractivity contribution in [2.45, 2.75) is 0 Å². The molecule has 1 N–H and O–H groups in total. The molecular formula is C19H18O8. The summed E-state index contributed by atoms with van der Waals surface area (Å²) in [5.74, 6) is -4.44. The molecule has 0 aliphatic rings. The van der Waals surface area contributed by atoms with Crippen LogP contribution in [-0.2, 0) is 14.2 Å². The quantitative estimate of drug-likeness (QED) is 0.377. The molecule has 0 bridgehead atoms. The maximum Gasteiger partial charge on any atom is 0.339 e. The molecule has 27 heavy (non-hydrogen) atoms. The van der Waals surface area contributed by atoms with Crippen LogP contribution in [0.5, 0.6) is 0 Å². The molecule has 1 aromatic rings. The van der Waals surface area contributed by atoms with Crippen LogP contribution < -0.4 is 0 Å². The first kappa shape index (κ1) is 21.4. The molecule has 8 heteroatoms. The molecule has 0 amide bonds. The second-order valence-electron chi connectivity index (χ2n) is 4.91. The summed E-state index contributed by atoms with van der Waals surface area (Å²) in [5, 5.41) is 9.37. The molecule has 0 saturated heterocycles. The van der Waals surface area contributed by atoms with E-state index < -0.39 is 35.0 Å². The van der Waals surface area contributed by atoms with Gasteiger partial charge in [-0.05, 0) is 12.1 Å². The van der Waals surface area contributed by atoms with Gasteiger partial charge in [-0.1, -0.05) is 38.0 Å². The molecule has 0 atom stereocenters. The highest BCUT2D eigenvalue weighted by atomic mass is 16.5. The lowest BCUT2D eigenvalue weighted by atomic mass is 9.98. The highest BCUT2D eigenvalue weighted by molar-refractivity contribution is 6.10. The zero-order valence-electron chi connectivity index (χ0n) is 14.4. The fraction of sp³-hybridized carbons (Fsp3) is 0.158. The Morgan fingerprint density at radius 3 is 1.30 bits per heavy atom. The predicted octanol–water partition coefficient (Wildman–Crippen LogP) is 2.41. The number of rotatable bonds is 10. The molecule has 0 saturated carbocycles. The van der Waals surface area contributed by atoms with Crippen LogP contribution in [0.15, 0.2) is 50.1 Å². The van der Waals surface area contributed by atoms with E-state index in [1.54, 1.807) is 0 Å². The van der Waals surface area contributed by atoms with Gasteiger partial charge in [0.2, 0.25) is 0 Å². The number of carbonyl (C=O) groups excluding carboxylic acids is 3. The van der Waals surface area contributed by atoms with Crippen molar-refractivity contribution < 1.29 is 38.5 Å². The van der Waals surface area contributed by atoms with Crippen LogP contribution in [0.3, 0.4) is 0 Å². The topological polar surface area (TPSA) is 116 Å². The molecule has 0 radical (unpaired) electrons. The number of hydrogen-bond acceptors (Lipinski definition) is 7. The van der Waals surface area contributed by atoms with Crippen LogP contribution in [-0.4, -0.2) is 48.8 Å². The van der Waals surface area contributed by atoms with Gasteiger partial charge in [0.05, 0.1) is 22.3 Å². The molecular weight excluding hydrogens is 356 g/mol. The summed E-state index contributed by atoms with van der Waals surface area (Å²) in [5.41, 5.74) is -1.67. The minimum absolute atomic E-state index is 0.156. The van der Waals surface area contributed by atoms with E-state index in [2.05, 4.69) is 19.7 Å². The smallest absolute Gasteiger partial charge is 0.339 e. The molecule has 0 aromatic heterocycles. The van der Waals surface area contributed by atoms with Gasteiger partial charge in [0.1, 0.15) is 19.8 Å². The lowest BCUT2D eigenvalue weighted by Gasteiger charge is -2.13. The highest BCUT2D eigenvalue weighted by Crippen LogP contribution is 2.21. The maximum absolute atomic E-state index is 12.3. The molecule has 1 aromatic carbocycles. The number of carbonyl (C=O) groups is 4. The highest BCUT2D eigenvalue weighted by Gasteiger charge is 2.27. The summed E-state index contributed by atoms with van der Waals surface area (Å²) in [6.07, 6.45) is 3.89. The second-order valence-corrected chi connectivity index (χ2v) is 4.91. The van der Waals surface area contributed by atoms with Gasteiger partial charge >= 0.3 is 23.9 Å². The Morgan fingerprint density at radius 2 is 1.00 bits per heavy atom. The Kier molecular flexibility index (Phi) is 8.18. The van der Waals surface area contributed by atoms with E-state index in [9.17, 15) is 24.3 Å². The van der Waals surface area contributed by atoms with Gasteiger partial charge in [-0.25, -0.2) is 19.2 Å². The summed E-state index contributed by atoms with van der Waals surface area (Å²) in [7, 11) is 0. The van der Waals surface area contributed by atoms with E-state index in [0.29, 0.717) is 0 Å². The minimum atomic E-state index is -1.50. The van der Waals surface area contributed by atoms with Crippen LogP contribution in [0.2, 0.25) is 0 Å². The van der Waals surface area contributed by atoms with Gasteiger partial charge in [-0.2, -0.15) is 0 Å². The van der Waals surface area contributed by atoms with Crippen LogP contribution in [0.4, 0.5) is 0 Å². The van der Waals surface area contributed by atoms with Crippen molar-refractivity contribution in [1.82, 2.24) is 0 Å². The molecule has 0 spiro atoms. The average Bonchev–Trinajstić information content (AvgIpc) is 2.66. The average molecular weight is 374 g/mol. The monoisotopic (exact) mass is 374 g/mol. The first-order valence-corrected chi connectivity index (χ1v) is 7.62. The van der Waals surface area contributed by atoms with E-state index in [1.807, 2.05) is 0 Å². The van der Waals surface area contributed by atoms with Crippen molar-refractivity contribution in [3.63, 3.8) is 0 Å². The third-order valence-electron chi connectivity index (χ3n) is 3.04. The van der Waals surface area contributed by atoms with E-state index in [0.717, 1.165) is 12.1 Å². The first-order valence-electron chi connectivity index (χ1n) is 7.62. The van der Waals surface area contributed by atoms with Gasteiger partial charge in [-0.3, -0.25) is 0 Å². The molecule has 0 heterocycles. The van der Waals surface area contributed by atoms with Gasteiger partial charge in [-0.15, -0.1) is 0 Å². The number of carboxylic acid groups (broad SMARTS) is 1. The fourth-order valence-electron chi connectivity index (χ4n) is 1.92. The second kappa shape index (κ2) is 10.3. The molecule has 8 nitrogen and oxygen atoms in total. The molecule has 142 valence electrons. The van der Waals surface area contributed by atoms with Crippen LogP contribution in [0.25, 0.3) is 0 Å². The van der Waals surface area contributed by atoms with E-state index >= 15 is 0 Å². The van der Waals surface area contributed by atoms with Crippen molar-refractivity contribution in [3.8, 4) is 0 Å². The minimum Gasteiger partial charge on any atom is -0.478 e. The van der Waals surface area contributed by atoms with E-state index in [-0.39, 0.29) is 30.9 Å². The van der Waals surface area contributed by atoms with Gasteiger partial charge in [0, 0.05) is 0 Å². The first-order chi connectivity index (χ1) is 12.9. The van der Waals surface area contributed by atoms with Crippen LogP contribution >= 0.6 is 0 Å². The van der Waals surface area contributed by atoms with Crippen molar-refractivity contribution in [1.29, 1.82) is 0 Å². The third kappa shape index (κ3) is 5.67. The maximum atomic E-state index is 12.3. The number of carboxylic acids is 1. The normalized spacial score (nSPS) is 9.63. The standard InChI is InChI=1S/C19H18O8/c1-4-7-25-17(22)13-11-15(19(24)27-9-6-3)14(10-12(13)16(20)21)18(23)26-8-5-2/h4-6,10-11H,1-3,7-9H2,(H,20,21). The van der Waals surface area contributed by atoms with Crippen molar-refractivity contribution in [2.24, 2.45) is 0 Å². The van der Waals surface area contributed by atoms with Crippen LogP contribution in [0, 0.1) is 0 Å². The van der Waals surface area contributed by atoms with Crippen molar-refractivity contribution in [3.05, 3.63) is 72.4 Å². The van der Waals surface area contributed by atoms with Gasteiger partial charge in [0.25, 0.3) is 0 Å². The van der Waals surface area contributed by atoms with Crippen LogP contribution in [0.1, 0.15) is 41.4 Å². The summed E-state index contributed by atoms with van der Waals surface area (Å²) in [6, 6.07) is 1.79. The van der Waals surface area contributed by atoms with E-state index in [1.165, 1.54) is 18.2 Å².